The van der Waals surface area contributed by atoms with Crippen molar-refractivity contribution < 1.29 is 13.3 Å². The lowest BCUT2D eigenvalue weighted by atomic mass is 9.83. The summed E-state index contributed by atoms with van der Waals surface area (Å²) in [4.78, 5) is 10.4. The van der Waals surface area contributed by atoms with Crippen molar-refractivity contribution >= 4 is 21.2 Å². The highest BCUT2D eigenvalue weighted by Gasteiger charge is 2.20. The largest absolute Gasteiger partial charge is 0.379 e. The third kappa shape index (κ3) is 3.47. The summed E-state index contributed by atoms with van der Waals surface area (Å²) in [6.45, 7) is 0.670. The van der Waals surface area contributed by atoms with E-state index in [-0.39, 0.29) is 10.6 Å². The van der Waals surface area contributed by atoms with Crippen molar-refractivity contribution in [3.05, 3.63) is 28.3 Å². The van der Waals surface area contributed by atoms with Gasteiger partial charge in [0.25, 0.3) is 5.69 Å². The van der Waals surface area contributed by atoms with Crippen LogP contribution in [0.4, 0.5) is 11.4 Å². The van der Waals surface area contributed by atoms with Crippen molar-refractivity contribution in [3.8, 4) is 0 Å². The summed E-state index contributed by atoms with van der Waals surface area (Å²) in [5.74, 6) is 0.719. The summed E-state index contributed by atoms with van der Waals surface area (Å²) >= 11 is 0. The molecule has 0 amide bonds. The van der Waals surface area contributed by atoms with Gasteiger partial charge in [0.05, 0.1) is 9.82 Å². The number of nitro groups is 1. The van der Waals surface area contributed by atoms with Crippen LogP contribution in [0.15, 0.2) is 23.1 Å². The van der Waals surface area contributed by atoms with Gasteiger partial charge in [-0.25, -0.2) is 8.42 Å². The predicted molar refractivity (Wildman–Crippen MR) is 76.7 cm³/mol. The van der Waals surface area contributed by atoms with Gasteiger partial charge in [-0.05, 0) is 24.5 Å². The van der Waals surface area contributed by atoms with Crippen LogP contribution in [0.1, 0.15) is 25.7 Å². The van der Waals surface area contributed by atoms with E-state index in [1.54, 1.807) is 0 Å². The Morgan fingerprint density at radius 1 is 1.40 bits per heavy atom. The Kier molecular flexibility index (Phi) is 4.27. The van der Waals surface area contributed by atoms with Gasteiger partial charge in [-0.1, -0.05) is 19.3 Å². The molecule has 7 heteroatoms. The molecule has 1 aromatic carbocycles. The SMILES string of the molecule is CS(=O)(=O)c1ccc(NCCC2CCC2)c([N+](=O)[O-])c1. The number of hydrogen-bond donors (Lipinski definition) is 1. The van der Waals surface area contributed by atoms with E-state index < -0.39 is 14.8 Å². The number of sulfone groups is 1. The van der Waals surface area contributed by atoms with Gasteiger partial charge in [-0.3, -0.25) is 10.1 Å². The Balaban J connectivity index is 2.12. The lowest BCUT2D eigenvalue weighted by Crippen LogP contribution is -2.16. The van der Waals surface area contributed by atoms with Gasteiger partial charge in [0.2, 0.25) is 0 Å². The Hall–Kier alpha value is -1.63. The average molecular weight is 298 g/mol. The number of nitrogens with zero attached hydrogens (tertiary/aromatic N) is 1. The maximum Gasteiger partial charge on any atom is 0.293 e. The second-order valence-electron chi connectivity index (χ2n) is 5.22. The van der Waals surface area contributed by atoms with Crippen molar-refractivity contribution in [2.24, 2.45) is 5.92 Å². The molecule has 1 N–H and O–H groups in total. The van der Waals surface area contributed by atoms with Crippen LogP contribution in [0.3, 0.4) is 0 Å². The topological polar surface area (TPSA) is 89.3 Å². The highest BCUT2D eigenvalue weighted by Crippen LogP contribution is 2.31. The predicted octanol–water partition coefficient (Wildman–Crippen LogP) is 2.60. The number of rotatable bonds is 6. The summed E-state index contributed by atoms with van der Waals surface area (Å²) in [6.07, 6.45) is 5.77. The molecule has 0 heterocycles. The number of anilines is 1. The van der Waals surface area contributed by atoms with Gasteiger partial charge in [0.15, 0.2) is 9.84 Å². The second-order valence-corrected chi connectivity index (χ2v) is 7.24. The Bertz CT molecular complexity index is 609. The van der Waals surface area contributed by atoms with Crippen molar-refractivity contribution in [1.29, 1.82) is 0 Å². The molecule has 0 bridgehead atoms. The fraction of sp³-hybridized carbons (Fsp3) is 0.538. The minimum atomic E-state index is -3.44. The third-order valence-corrected chi connectivity index (χ3v) is 4.80. The lowest BCUT2D eigenvalue weighted by molar-refractivity contribution is -0.384. The summed E-state index contributed by atoms with van der Waals surface area (Å²) in [6, 6.07) is 3.98. The van der Waals surface area contributed by atoms with Gasteiger partial charge in [0.1, 0.15) is 5.69 Å². The summed E-state index contributed by atoms with van der Waals surface area (Å²) in [7, 11) is -3.44. The molecule has 110 valence electrons. The number of benzene rings is 1. The molecule has 1 aliphatic carbocycles. The van der Waals surface area contributed by atoms with Crippen LogP contribution in [0.5, 0.6) is 0 Å². The monoisotopic (exact) mass is 298 g/mol. The first-order valence-corrected chi connectivity index (χ1v) is 8.49. The maximum atomic E-state index is 11.4. The first-order chi connectivity index (χ1) is 9.38. The van der Waals surface area contributed by atoms with E-state index in [4.69, 9.17) is 0 Å². The van der Waals surface area contributed by atoms with Gasteiger partial charge in [-0.15, -0.1) is 0 Å². The van der Waals surface area contributed by atoms with E-state index in [0.717, 1.165) is 24.7 Å². The highest BCUT2D eigenvalue weighted by atomic mass is 32.2. The van der Waals surface area contributed by atoms with Crippen LogP contribution in [-0.4, -0.2) is 26.1 Å². The van der Waals surface area contributed by atoms with E-state index in [1.165, 1.54) is 31.4 Å². The van der Waals surface area contributed by atoms with Crippen molar-refractivity contribution in [3.63, 3.8) is 0 Å². The van der Waals surface area contributed by atoms with E-state index in [9.17, 15) is 18.5 Å². The third-order valence-electron chi connectivity index (χ3n) is 3.69. The minimum absolute atomic E-state index is 0.0336. The van der Waals surface area contributed by atoms with Gasteiger partial charge >= 0.3 is 0 Å². The molecule has 1 saturated carbocycles. The van der Waals surface area contributed by atoms with Crippen molar-refractivity contribution in [1.82, 2.24) is 0 Å². The summed E-state index contributed by atoms with van der Waals surface area (Å²) in [5.41, 5.74) is 0.184. The van der Waals surface area contributed by atoms with Crippen LogP contribution < -0.4 is 5.32 Å². The lowest BCUT2D eigenvalue weighted by Gasteiger charge is -2.25. The molecule has 0 radical (unpaired) electrons. The Labute approximate surface area is 118 Å². The number of nitro benzene ring substituents is 1. The summed E-state index contributed by atoms with van der Waals surface area (Å²) < 4.78 is 22.9. The van der Waals surface area contributed by atoms with E-state index in [0.29, 0.717) is 12.2 Å². The fourth-order valence-corrected chi connectivity index (χ4v) is 2.88. The Morgan fingerprint density at radius 3 is 2.60 bits per heavy atom. The van der Waals surface area contributed by atoms with Crippen LogP contribution in [-0.2, 0) is 9.84 Å². The van der Waals surface area contributed by atoms with E-state index in [1.807, 2.05) is 0 Å². The molecule has 0 spiro atoms. The standard InChI is InChI=1S/C13H18N2O4S/c1-20(18,19)11-5-6-12(13(9-11)15(16)17)14-8-7-10-3-2-4-10/h5-6,9-10,14H,2-4,7-8H2,1H3. The molecule has 20 heavy (non-hydrogen) atoms. The van der Waals surface area contributed by atoms with Gasteiger partial charge < -0.3 is 5.32 Å². The zero-order valence-corrected chi connectivity index (χ0v) is 12.1. The molecule has 0 atom stereocenters. The van der Waals surface area contributed by atoms with E-state index >= 15 is 0 Å². The van der Waals surface area contributed by atoms with Crippen molar-refractivity contribution in [2.45, 2.75) is 30.6 Å². The number of hydrogen-bond acceptors (Lipinski definition) is 5. The molecule has 0 aromatic heterocycles. The first-order valence-electron chi connectivity index (χ1n) is 6.60. The van der Waals surface area contributed by atoms with E-state index in [2.05, 4.69) is 5.32 Å². The highest BCUT2D eigenvalue weighted by molar-refractivity contribution is 7.90. The van der Waals surface area contributed by atoms with Gasteiger partial charge in [-0.2, -0.15) is 0 Å². The van der Waals surface area contributed by atoms with Gasteiger partial charge in [0, 0.05) is 18.9 Å². The second kappa shape index (κ2) is 5.78. The molecule has 2 rings (SSSR count). The molecule has 0 unspecified atom stereocenters. The normalized spacial score (nSPS) is 15.7. The quantitative estimate of drug-likeness (QED) is 0.644. The zero-order chi connectivity index (χ0) is 14.8. The molecule has 0 saturated heterocycles. The van der Waals surface area contributed by atoms with Crippen LogP contribution >= 0.6 is 0 Å². The van der Waals surface area contributed by atoms with Crippen molar-refractivity contribution in [2.75, 3.05) is 18.1 Å². The first kappa shape index (κ1) is 14.8. The zero-order valence-electron chi connectivity index (χ0n) is 11.3. The Morgan fingerprint density at radius 2 is 2.10 bits per heavy atom. The minimum Gasteiger partial charge on any atom is -0.379 e. The van der Waals surface area contributed by atoms with Crippen LogP contribution in [0.25, 0.3) is 0 Å². The smallest absolute Gasteiger partial charge is 0.293 e. The molecule has 1 aliphatic rings. The maximum absolute atomic E-state index is 11.4. The number of nitrogens with one attached hydrogen (secondary N) is 1. The molecule has 6 nitrogen and oxygen atoms in total. The van der Waals surface area contributed by atoms with Crippen LogP contribution in [0.2, 0.25) is 0 Å². The fourth-order valence-electron chi connectivity index (χ4n) is 2.24. The molecule has 1 aromatic rings. The average Bonchev–Trinajstić information content (AvgIpc) is 2.31. The molecular formula is C13H18N2O4S. The molecule has 1 fully saturated rings. The molecular weight excluding hydrogens is 280 g/mol. The van der Waals surface area contributed by atoms with Crippen LogP contribution in [0, 0.1) is 16.0 Å². The molecule has 0 aliphatic heterocycles. The summed E-state index contributed by atoms with van der Waals surface area (Å²) in [5, 5.41) is 14.1.